The third kappa shape index (κ3) is 3.35. The lowest BCUT2D eigenvalue weighted by Crippen LogP contribution is -2.08. The highest BCUT2D eigenvalue weighted by atomic mass is 16.5. The molecule has 0 fully saturated rings. The van der Waals surface area contributed by atoms with E-state index in [0.717, 1.165) is 11.5 Å². The van der Waals surface area contributed by atoms with E-state index in [1.165, 1.54) is 0 Å². The van der Waals surface area contributed by atoms with Gasteiger partial charge in [0.2, 0.25) is 0 Å². The molecule has 0 aromatic carbocycles. The second-order valence-corrected chi connectivity index (χ2v) is 1.95. The molecular weight excluding hydrogens is 130 g/mol. The molecule has 3 heteroatoms. The Kier molecular flexibility index (Phi) is 4.76. The van der Waals surface area contributed by atoms with Crippen LogP contribution in [0.15, 0.2) is 11.5 Å². The van der Waals surface area contributed by atoms with Gasteiger partial charge in [-0.3, -0.25) is 0 Å². The summed E-state index contributed by atoms with van der Waals surface area (Å²) >= 11 is 0. The molecule has 0 aliphatic rings. The van der Waals surface area contributed by atoms with E-state index in [9.17, 15) is 0 Å². The lowest BCUT2D eigenvalue weighted by Gasteiger charge is -2.07. The Labute approximate surface area is 61.8 Å². The summed E-state index contributed by atoms with van der Waals surface area (Å²) in [6, 6.07) is 0. The Hall–Kier alpha value is -0.700. The van der Waals surface area contributed by atoms with Crippen LogP contribution >= 0.6 is 0 Å². The first-order valence-corrected chi connectivity index (χ1v) is 3.26. The van der Waals surface area contributed by atoms with E-state index in [1.54, 1.807) is 7.11 Å². The number of ether oxygens (including phenoxy) is 2. The highest BCUT2D eigenvalue weighted by molar-refractivity contribution is 4.94. The minimum Gasteiger partial charge on any atom is -0.498 e. The van der Waals surface area contributed by atoms with Gasteiger partial charge in [-0.2, -0.15) is 0 Å². The van der Waals surface area contributed by atoms with Crippen LogP contribution in [0.5, 0.6) is 0 Å². The zero-order valence-corrected chi connectivity index (χ0v) is 6.81. The second-order valence-electron chi connectivity index (χ2n) is 1.95. The fourth-order valence-electron chi connectivity index (χ4n) is 0.457. The SMILES string of the molecule is CO/C(C)=C(/C)OCCN. The average molecular weight is 145 g/mol. The van der Waals surface area contributed by atoms with E-state index in [1.807, 2.05) is 13.8 Å². The van der Waals surface area contributed by atoms with Crippen molar-refractivity contribution >= 4 is 0 Å². The highest BCUT2D eigenvalue weighted by Crippen LogP contribution is 2.03. The van der Waals surface area contributed by atoms with Crippen LogP contribution in [0.25, 0.3) is 0 Å². The average Bonchev–Trinajstić information content (AvgIpc) is 1.98. The van der Waals surface area contributed by atoms with Gasteiger partial charge in [-0.25, -0.2) is 0 Å². The maximum Gasteiger partial charge on any atom is 0.130 e. The van der Waals surface area contributed by atoms with Gasteiger partial charge in [0.15, 0.2) is 0 Å². The minimum atomic E-state index is 0.536. The molecule has 0 bridgehead atoms. The van der Waals surface area contributed by atoms with Gasteiger partial charge in [-0.05, 0) is 13.8 Å². The van der Waals surface area contributed by atoms with E-state index >= 15 is 0 Å². The molecule has 0 saturated heterocycles. The van der Waals surface area contributed by atoms with Gasteiger partial charge < -0.3 is 15.2 Å². The molecule has 0 unspecified atom stereocenters. The van der Waals surface area contributed by atoms with E-state index in [-0.39, 0.29) is 0 Å². The van der Waals surface area contributed by atoms with E-state index in [0.29, 0.717) is 13.2 Å². The summed E-state index contributed by atoms with van der Waals surface area (Å²) in [5.41, 5.74) is 5.23. The molecular formula is C7H15NO2. The smallest absolute Gasteiger partial charge is 0.130 e. The largest absolute Gasteiger partial charge is 0.498 e. The van der Waals surface area contributed by atoms with Crippen molar-refractivity contribution in [2.24, 2.45) is 5.73 Å². The normalized spacial score (nSPS) is 12.4. The molecule has 0 rings (SSSR count). The van der Waals surface area contributed by atoms with Crippen molar-refractivity contribution in [3.8, 4) is 0 Å². The maximum atomic E-state index is 5.23. The predicted molar refractivity (Wildman–Crippen MR) is 40.4 cm³/mol. The number of allylic oxidation sites excluding steroid dienone is 2. The van der Waals surface area contributed by atoms with Crippen LogP contribution in [0, 0.1) is 0 Å². The predicted octanol–water partition coefficient (Wildman–Crippen LogP) is 0.859. The first-order valence-electron chi connectivity index (χ1n) is 3.26. The molecule has 0 saturated carbocycles. The van der Waals surface area contributed by atoms with Gasteiger partial charge in [-0.15, -0.1) is 0 Å². The third-order valence-corrected chi connectivity index (χ3v) is 1.24. The molecule has 0 aromatic heterocycles. The number of rotatable bonds is 4. The fourth-order valence-corrected chi connectivity index (χ4v) is 0.457. The van der Waals surface area contributed by atoms with Crippen LogP contribution in [-0.2, 0) is 9.47 Å². The molecule has 60 valence electrons. The topological polar surface area (TPSA) is 44.5 Å². The summed E-state index contributed by atoms with van der Waals surface area (Å²) < 4.78 is 10.1. The zero-order valence-electron chi connectivity index (χ0n) is 6.81. The third-order valence-electron chi connectivity index (χ3n) is 1.24. The first-order chi connectivity index (χ1) is 4.72. The molecule has 0 heterocycles. The molecule has 2 N–H and O–H groups in total. The Balaban J connectivity index is 3.68. The monoisotopic (exact) mass is 145 g/mol. The van der Waals surface area contributed by atoms with Crippen LogP contribution in [0.4, 0.5) is 0 Å². The molecule has 0 aliphatic carbocycles. The van der Waals surface area contributed by atoms with Crippen molar-refractivity contribution in [1.29, 1.82) is 0 Å². The molecule has 0 radical (unpaired) electrons. The van der Waals surface area contributed by atoms with Gasteiger partial charge in [0.25, 0.3) is 0 Å². The fraction of sp³-hybridized carbons (Fsp3) is 0.714. The van der Waals surface area contributed by atoms with Crippen molar-refractivity contribution < 1.29 is 9.47 Å². The van der Waals surface area contributed by atoms with Crippen LogP contribution < -0.4 is 5.73 Å². The molecule has 0 atom stereocenters. The molecule has 0 amide bonds. The summed E-state index contributed by atoms with van der Waals surface area (Å²) in [7, 11) is 1.62. The van der Waals surface area contributed by atoms with Crippen LogP contribution in [-0.4, -0.2) is 20.3 Å². The van der Waals surface area contributed by atoms with Gasteiger partial charge in [0.1, 0.15) is 18.1 Å². The Morgan fingerprint density at radius 3 is 2.30 bits per heavy atom. The molecule has 0 spiro atoms. The van der Waals surface area contributed by atoms with Gasteiger partial charge >= 0.3 is 0 Å². The van der Waals surface area contributed by atoms with Crippen molar-refractivity contribution in [1.82, 2.24) is 0 Å². The number of hydrogen-bond acceptors (Lipinski definition) is 3. The minimum absolute atomic E-state index is 0.536. The number of methoxy groups -OCH3 is 1. The van der Waals surface area contributed by atoms with Crippen LogP contribution in [0.1, 0.15) is 13.8 Å². The van der Waals surface area contributed by atoms with Crippen molar-refractivity contribution in [2.75, 3.05) is 20.3 Å². The lowest BCUT2D eigenvalue weighted by molar-refractivity contribution is 0.185. The van der Waals surface area contributed by atoms with Crippen molar-refractivity contribution in [3.05, 3.63) is 11.5 Å². The molecule has 10 heavy (non-hydrogen) atoms. The highest BCUT2D eigenvalue weighted by Gasteiger charge is 1.94. The summed E-state index contributed by atoms with van der Waals surface area (Å²) in [4.78, 5) is 0. The standard InChI is InChI=1S/C7H15NO2/c1-6(9-3)7(2)10-5-4-8/h4-5,8H2,1-3H3/b7-6-. The number of hydrogen-bond donors (Lipinski definition) is 1. The summed E-state index contributed by atoms with van der Waals surface area (Å²) in [6.45, 7) is 4.79. The Bertz CT molecular complexity index is 121. The second kappa shape index (κ2) is 5.11. The maximum absolute atomic E-state index is 5.23. The molecule has 0 aliphatic heterocycles. The Morgan fingerprint density at radius 1 is 1.30 bits per heavy atom. The van der Waals surface area contributed by atoms with Crippen LogP contribution in [0.2, 0.25) is 0 Å². The van der Waals surface area contributed by atoms with E-state index in [2.05, 4.69) is 0 Å². The van der Waals surface area contributed by atoms with Crippen molar-refractivity contribution in [2.45, 2.75) is 13.8 Å². The van der Waals surface area contributed by atoms with Crippen LogP contribution in [0.3, 0.4) is 0 Å². The first kappa shape index (κ1) is 9.30. The summed E-state index contributed by atoms with van der Waals surface area (Å²) in [5.74, 6) is 1.60. The zero-order chi connectivity index (χ0) is 7.98. The van der Waals surface area contributed by atoms with Gasteiger partial charge in [0, 0.05) is 6.54 Å². The van der Waals surface area contributed by atoms with Crippen molar-refractivity contribution in [3.63, 3.8) is 0 Å². The summed E-state index contributed by atoms with van der Waals surface area (Å²) in [6.07, 6.45) is 0. The molecule has 3 nitrogen and oxygen atoms in total. The lowest BCUT2D eigenvalue weighted by atomic mass is 10.4. The molecule has 0 aromatic rings. The Morgan fingerprint density at radius 2 is 1.90 bits per heavy atom. The van der Waals surface area contributed by atoms with Gasteiger partial charge in [0.05, 0.1) is 7.11 Å². The van der Waals surface area contributed by atoms with E-state index < -0.39 is 0 Å². The quantitative estimate of drug-likeness (QED) is 0.597. The number of nitrogens with two attached hydrogens (primary N) is 1. The summed E-state index contributed by atoms with van der Waals surface area (Å²) in [5, 5.41) is 0. The van der Waals surface area contributed by atoms with Gasteiger partial charge in [-0.1, -0.05) is 0 Å². The van der Waals surface area contributed by atoms with E-state index in [4.69, 9.17) is 15.2 Å².